The average Bonchev–Trinajstić information content (AvgIpc) is 2.39. The van der Waals surface area contributed by atoms with Crippen molar-refractivity contribution in [2.75, 3.05) is 5.32 Å². The molecule has 1 N–H and O–H groups in total. The summed E-state index contributed by atoms with van der Waals surface area (Å²) >= 11 is 5.75. The van der Waals surface area contributed by atoms with Crippen molar-refractivity contribution in [2.24, 2.45) is 0 Å². The van der Waals surface area contributed by atoms with Gasteiger partial charge in [-0.05, 0) is 36.2 Å². The highest BCUT2D eigenvalue weighted by atomic mass is 35.5. The van der Waals surface area contributed by atoms with E-state index in [1.807, 2.05) is 37.3 Å². The molecule has 0 bridgehead atoms. The van der Waals surface area contributed by atoms with Crippen LogP contribution in [-0.2, 0) is 5.88 Å². The van der Waals surface area contributed by atoms with Crippen molar-refractivity contribution in [3.05, 3.63) is 59.4 Å². The number of anilines is 1. The highest BCUT2D eigenvalue weighted by molar-refractivity contribution is 6.17. The molecule has 92 valence electrons. The molecule has 0 aliphatic rings. The minimum atomic E-state index is -0.208. The van der Waals surface area contributed by atoms with Crippen molar-refractivity contribution >= 4 is 23.2 Å². The maximum absolute atomic E-state index is 12.0. The largest absolute Gasteiger partial charge is 0.321 e. The van der Waals surface area contributed by atoms with E-state index >= 15 is 0 Å². The molecule has 2 aromatic rings. The molecule has 1 aromatic heterocycles. The molecule has 0 saturated heterocycles. The average molecular weight is 261 g/mol. The van der Waals surface area contributed by atoms with E-state index in [9.17, 15) is 4.79 Å². The van der Waals surface area contributed by atoms with Gasteiger partial charge in [0.1, 0.15) is 5.69 Å². The number of hydrogen-bond donors (Lipinski definition) is 1. The van der Waals surface area contributed by atoms with E-state index < -0.39 is 0 Å². The maximum atomic E-state index is 12.0. The summed E-state index contributed by atoms with van der Waals surface area (Å²) in [6.45, 7) is 1.86. The predicted octanol–water partition coefficient (Wildman–Crippen LogP) is 3.38. The van der Waals surface area contributed by atoms with Crippen LogP contribution in [0.1, 0.15) is 21.6 Å². The number of aromatic nitrogens is 1. The first-order chi connectivity index (χ1) is 8.70. The lowest BCUT2D eigenvalue weighted by atomic mass is 10.2. The number of nitrogens with one attached hydrogen (secondary N) is 1. The number of amides is 1. The fourth-order valence-corrected chi connectivity index (χ4v) is 1.81. The quantitative estimate of drug-likeness (QED) is 0.860. The third kappa shape index (κ3) is 2.87. The summed E-state index contributed by atoms with van der Waals surface area (Å²) in [7, 11) is 0. The molecule has 1 amide bonds. The second kappa shape index (κ2) is 5.65. The molecule has 0 saturated carbocycles. The molecular weight excluding hydrogens is 248 g/mol. The number of aryl methyl sites for hydroxylation is 1. The fraction of sp³-hybridized carbons (Fsp3) is 0.143. The Bertz CT molecular complexity index is 569. The minimum Gasteiger partial charge on any atom is -0.321 e. The summed E-state index contributed by atoms with van der Waals surface area (Å²) in [6.07, 6.45) is 1.61. The molecule has 1 aromatic carbocycles. The van der Waals surface area contributed by atoms with Crippen LogP contribution >= 0.6 is 11.6 Å². The Morgan fingerprint density at radius 1 is 1.33 bits per heavy atom. The van der Waals surface area contributed by atoms with Crippen LogP contribution in [0.25, 0.3) is 0 Å². The topological polar surface area (TPSA) is 42.0 Å². The summed E-state index contributed by atoms with van der Waals surface area (Å²) in [4.78, 5) is 16.1. The van der Waals surface area contributed by atoms with Gasteiger partial charge in [-0.15, -0.1) is 11.6 Å². The molecule has 0 spiro atoms. The van der Waals surface area contributed by atoms with Crippen molar-refractivity contribution in [1.82, 2.24) is 4.98 Å². The van der Waals surface area contributed by atoms with E-state index in [2.05, 4.69) is 10.3 Å². The molecule has 0 atom stereocenters. The van der Waals surface area contributed by atoms with Crippen LogP contribution in [0.3, 0.4) is 0 Å². The zero-order valence-electron chi connectivity index (χ0n) is 9.98. The third-order valence-electron chi connectivity index (χ3n) is 2.56. The van der Waals surface area contributed by atoms with Gasteiger partial charge in [-0.1, -0.05) is 18.2 Å². The summed E-state index contributed by atoms with van der Waals surface area (Å²) in [5.41, 5.74) is 2.98. The van der Waals surface area contributed by atoms with Gasteiger partial charge in [-0.3, -0.25) is 9.78 Å². The Labute approximate surface area is 111 Å². The molecule has 0 aliphatic heterocycles. The van der Waals surface area contributed by atoms with E-state index in [0.717, 1.165) is 16.8 Å². The first-order valence-corrected chi connectivity index (χ1v) is 6.12. The van der Waals surface area contributed by atoms with Crippen LogP contribution in [0.4, 0.5) is 5.69 Å². The molecule has 2 rings (SSSR count). The van der Waals surface area contributed by atoms with Gasteiger partial charge >= 0.3 is 0 Å². The first kappa shape index (κ1) is 12.6. The fourth-order valence-electron chi connectivity index (χ4n) is 1.65. The van der Waals surface area contributed by atoms with Crippen LogP contribution in [0, 0.1) is 6.92 Å². The van der Waals surface area contributed by atoms with Crippen molar-refractivity contribution in [1.29, 1.82) is 0 Å². The zero-order chi connectivity index (χ0) is 13.0. The zero-order valence-corrected chi connectivity index (χ0v) is 10.7. The number of carbonyl (C=O) groups excluding carboxylic acids is 1. The number of rotatable bonds is 3. The smallest absolute Gasteiger partial charge is 0.274 e. The number of carbonyl (C=O) groups is 1. The van der Waals surface area contributed by atoms with Gasteiger partial charge in [-0.25, -0.2) is 0 Å². The van der Waals surface area contributed by atoms with Crippen LogP contribution < -0.4 is 5.32 Å². The predicted molar refractivity (Wildman–Crippen MR) is 72.9 cm³/mol. The van der Waals surface area contributed by atoms with Crippen LogP contribution in [0.2, 0.25) is 0 Å². The van der Waals surface area contributed by atoms with Gasteiger partial charge in [0.25, 0.3) is 5.91 Å². The summed E-state index contributed by atoms with van der Waals surface area (Å²) < 4.78 is 0. The molecule has 3 nitrogen and oxygen atoms in total. The van der Waals surface area contributed by atoms with Crippen molar-refractivity contribution in [2.45, 2.75) is 12.8 Å². The van der Waals surface area contributed by atoms with E-state index in [1.165, 1.54) is 0 Å². The van der Waals surface area contributed by atoms with Gasteiger partial charge in [0.15, 0.2) is 0 Å². The lowest BCUT2D eigenvalue weighted by Crippen LogP contribution is -2.15. The number of alkyl halides is 1. The Kier molecular flexibility index (Phi) is 3.95. The standard InChI is InChI=1S/C14H13ClN2O/c1-10-4-3-7-16-13(10)14(18)17-12-6-2-5-11(8-12)9-15/h2-8H,9H2,1H3,(H,17,18). The number of benzene rings is 1. The van der Waals surface area contributed by atoms with E-state index in [0.29, 0.717) is 11.6 Å². The monoisotopic (exact) mass is 260 g/mol. The highest BCUT2D eigenvalue weighted by Crippen LogP contribution is 2.14. The van der Waals surface area contributed by atoms with Crippen LogP contribution in [0.5, 0.6) is 0 Å². The lowest BCUT2D eigenvalue weighted by Gasteiger charge is -2.07. The third-order valence-corrected chi connectivity index (χ3v) is 2.87. The second-order valence-corrected chi connectivity index (χ2v) is 4.22. The minimum absolute atomic E-state index is 0.208. The number of halogens is 1. The lowest BCUT2D eigenvalue weighted by molar-refractivity contribution is 0.102. The van der Waals surface area contributed by atoms with Crippen LogP contribution in [0.15, 0.2) is 42.6 Å². The number of hydrogen-bond acceptors (Lipinski definition) is 2. The van der Waals surface area contributed by atoms with Gasteiger partial charge < -0.3 is 5.32 Å². The van der Waals surface area contributed by atoms with Gasteiger partial charge in [0, 0.05) is 17.8 Å². The maximum Gasteiger partial charge on any atom is 0.274 e. The molecule has 4 heteroatoms. The van der Waals surface area contributed by atoms with Crippen molar-refractivity contribution < 1.29 is 4.79 Å². The van der Waals surface area contributed by atoms with Crippen LogP contribution in [-0.4, -0.2) is 10.9 Å². The van der Waals surface area contributed by atoms with Crippen molar-refractivity contribution in [3.8, 4) is 0 Å². The molecule has 0 aliphatic carbocycles. The normalized spacial score (nSPS) is 10.1. The highest BCUT2D eigenvalue weighted by Gasteiger charge is 2.10. The molecular formula is C14H13ClN2O. The van der Waals surface area contributed by atoms with E-state index in [4.69, 9.17) is 11.6 Å². The first-order valence-electron chi connectivity index (χ1n) is 5.58. The number of pyridine rings is 1. The Morgan fingerprint density at radius 2 is 2.17 bits per heavy atom. The van der Waals surface area contributed by atoms with Crippen molar-refractivity contribution in [3.63, 3.8) is 0 Å². The van der Waals surface area contributed by atoms with E-state index in [-0.39, 0.29) is 5.91 Å². The molecule has 0 fully saturated rings. The Hall–Kier alpha value is -1.87. The van der Waals surface area contributed by atoms with Gasteiger partial charge in [0.2, 0.25) is 0 Å². The Balaban J connectivity index is 2.19. The van der Waals surface area contributed by atoms with E-state index in [1.54, 1.807) is 12.3 Å². The Morgan fingerprint density at radius 3 is 2.89 bits per heavy atom. The number of nitrogens with zero attached hydrogens (tertiary/aromatic N) is 1. The SMILES string of the molecule is Cc1cccnc1C(=O)Nc1cccc(CCl)c1. The summed E-state index contributed by atoms with van der Waals surface area (Å²) in [5, 5.41) is 2.81. The molecule has 18 heavy (non-hydrogen) atoms. The molecule has 0 radical (unpaired) electrons. The molecule has 1 heterocycles. The second-order valence-electron chi connectivity index (χ2n) is 3.96. The molecule has 0 unspecified atom stereocenters. The van der Waals surface area contributed by atoms with Gasteiger partial charge in [-0.2, -0.15) is 0 Å². The summed E-state index contributed by atoms with van der Waals surface area (Å²) in [5.74, 6) is 0.214. The van der Waals surface area contributed by atoms with Gasteiger partial charge in [0.05, 0.1) is 0 Å². The summed E-state index contributed by atoms with van der Waals surface area (Å²) in [6, 6.07) is 11.1.